The van der Waals surface area contributed by atoms with Crippen molar-refractivity contribution in [2.24, 2.45) is 0 Å². The highest BCUT2D eigenvalue weighted by atomic mass is 32.2. The molecule has 0 saturated heterocycles. The topological polar surface area (TPSA) is 122 Å². The lowest BCUT2D eigenvalue weighted by Gasteiger charge is -2.13. The van der Waals surface area contributed by atoms with Crippen LogP contribution in [0, 0.1) is 5.82 Å². The normalized spacial score (nSPS) is 10.9. The first-order valence-electron chi connectivity index (χ1n) is 7.15. The molecule has 1 amide bonds. The Morgan fingerprint density at radius 3 is 2.42 bits per heavy atom. The first kappa shape index (κ1) is 19.2. The summed E-state index contributed by atoms with van der Waals surface area (Å²) in [6.45, 7) is 1.18. The van der Waals surface area contributed by atoms with Crippen LogP contribution < -0.4 is 14.8 Å². The second kappa shape index (κ2) is 7.40. The van der Waals surface area contributed by atoms with Crippen molar-refractivity contribution < 1.29 is 32.2 Å². The van der Waals surface area contributed by atoms with Crippen LogP contribution in [-0.2, 0) is 14.8 Å². The van der Waals surface area contributed by atoms with Gasteiger partial charge in [-0.2, -0.15) is 0 Å². The largest absolute Gasteiger partial charge is 0.495 e. The Hall–Kier alpha value is -3.14. The minimum atomic E-state index is -4.24. The summed E-state index contributed by atoms with van der Waals surface area (Å²) in [7, 11) is -3.01. The standard InChI is InChI=1S/C16H15FN2O6S/c1-9(20)18-13-8-11(4-5-12(13)17)19-26(23,24)15-7-10(16(21)22)3-6-14(15)25-2/h3-8,19H,1-2H3,(H,18,20)(H,21,22). The zero-order valence-electron chi connectivity index (χ0n) is 13.7. The van der Waals surface area contributed by atoms with Gasteiger partial charge in [0, 0.05) is 6.92 Å². The lowest BCUT2D eigenvalue weighted by Crippen LogP contribution is -2.16. The molecule has 0 unspecified atom stereocenters. The summed E-state index contributed by atoms with van der Waals surface area (Å²) in [6.07, 6.45) is 0. The average molecular weight is 382 g/mol. The van der Waals surface area contributed by atoms with Crippen molar-refractivity contribution in [3.63, 3.8) is 0 Å². The zero-order chi connectivity index (χ0) is 19.5. The fourth-order valence-electron chi connectivity index (χ4n) is 2.10. The number of anilines is 2. The smallest absolute Gasteiger partial charge is 0.335 e. The molecule has 2 aromatic rings. The van der Waals surface area contributed by atoms with Gasteiger partial charge in [0.25, 0.3) is 10.0 Å². The summed E-state index contributed by atoms with van der Waals surface area (Å²) >= 11 is 0. The molecule has 0 aliphatic carbocycles. The Labute approximate surface area is 148 Å². The molecule has 10 heteroatoms. The van der Waals surface area contributed by atoms with Gasteiger partial charge in [-0.1, -0.05) is 0 Å². The number of nitrogens with one attached hydrogen (secondary N) is 2. The van der Waals surface area contributed by atoms with Crippen molar-refractivity contribution in [1.82, 2.24) is 0 Å². The fourth-order valence-corrected chi connectivity index (χ4v) is 3.35. The summed E-state index contributed by atoms with van der Waals surface area (Å²) in [4.78, 5) is 21.8. The molecule has 0 atom stereocenters. The minimum Gasteiger partial charge on any atom is -0.495 e. The summed E-state index contributed by atoms with van der Waals surface area (Å²) in [5, 5.41) is 11.3. The van der Waals surface area contributed by atoms with E-state index in [2.05, 4.69) is 10.0 Å². The highest BCUT2D eigenvalue weighted by molar-refractivity contribution is 7.92. The van der Waals surface area contributed by atoms with Gasteiger partial charge in [-0.25, -0.2) is 17.6 Å². The molecule has 138 valence electrons. The van der Waals surface area contributed by atoms with Gasteiger partial charge in [-0.3, -0.25) is 9.52 Å². The Morgan fingerprint density at radius 2 is 1.85 bits per heavy atom. The molecule has 26 heavy (non-hydrogen) atoms. The van der Waals surface area contributed by atoms with Crippen LogP contribution in [0.1, 0.15) is 17.3 Å². The number of benzene rings is 2. The molecule has 0 heterocycles. The molecule has 0 bridgehead atoms. The molecule has 8 nitrogen and oxygen atoms in total. The maximum Gasteiger partial charge on any atom is 0.335 e. The molecular weight excluding hydrogens is 367 g/mol. The van der Waals surface area contributed by atoms with Crippen molar-refractivity contribution in [1.29, 1.82) is 0 Å². The number of carboxylic acid groups (broad SMARTS) is 1. The number of hydrogen-bond acceptors (Lipinski definition) is 5. The Morgan fingerprint density at radius 1 is 1.15 bits per heavy atom. The van der Waals surface area contributed by atoms with Crippen LogP contribution in [0.5, 0.6) is 5.75 Å². The van der Waals surface area contributed by atoms with E-state index in [-0.39, 0.29) is 22.7 Å². The molecular formula is C16H15FN2O6S. The number of sulfonamides is 1. The Bertz CT molecular complexity index is 975. The minimum absolute atomic E-state index is 0.0297. The third kappa shape index (κ3) is 4.28. The van der Waals surface area contributed by atoms with E-state index in [1.165, 1.54) is 26.2 Å². The van der Waals surface area contributed by atoms with Gasteiger partial charge in [0.2, 0.25) is 5.91 Å². The van der Waals surface area contributed by atoms with Crippen molar-refractivity contribution in [2.45, 2.75) is 11.8 Å². The third-order valence-corrected chi connectivity index (χ3v) is 4.63. The van der Waals surface area contributed by atoms with Crippen LogP contribution in [0.15, 0.2) is 41.3 Å². The molecule has 0 aromatic heterocycles. The fraction of sp³-hybridized carbons (Fsp3) is 0.125. The highest BCUT2D eigenvalue weighted by Crippen LogP contribution is 2.28. The first-order valence-corrected chi connectivity index (χ1v) is 8.63. The quantitative estimate of drug-likeness (QED) is 0.705. The van der Waals surface area contributed by atoms with Crippen LogP contribution >= 0.6 is 0 Å². The number of ether oxygens (including phenoxy) is 1. The predicted molar refractivity (Wildman–Crippen MR) is 91.5 cm³/mol. The van der Waals surface area contributed by atoms with E-state index in [1.54, 1.807) is 0 Å². The van der Waals surface area contributed by atoms with Gasteiger partial charge in [0.1, 0.15) is 16.5 Å². The number of aromatic carboxylic acids is 1. The van der Waals surface area contributed by atoms with Crippen LogP contribution in [-0.4, -0.2) is 32.5 Å². The summed E-state index contributed by atoms with van der Waals surface area (Å²) in [5.74, 6) is -2.64. The van der Waals surface area contributed by atoms with E-state index < -0.39 is 32.6 Å². The highest BCUT2D eigenvalue weighted by Gasteiger charge is 2.22. The second-order valence-corrected chi connectivity index (χ2v) is 6.80. The van der Waals surface area contributed by atoms with E-state index >= 15 is 0 Å². The van der Waals surface area contributed by atoms with Gasteiger partial charge in [0.05, 0.1) is 24.0 Å². The van der Waals surface area contributed by atoms with Crippen LogP contribution in [0.2, 0.25) is 0 Å². The number of amides is 1. The van der Waals surface area contributed by atoms with E-state index in [0.29, 0.717) is 0 Å². The molecule has 0 fully saturated rings. The number of carbonyl (C=O) groups is 2. The Balaban J connectivity index is 2.45. The van der Waals surface area contributed by atoms with Crippen LogP contribution in [0.4, 0.5) is 15.8 Å². The van der Waals surface area contributed by atoms with E-state index in [0.717, 1.165) is 24.3 Å². The lowest BCUT2D eigenvalue weighted by molar-refractivity contribution is -0.114. The van der Waals surface area contributed by atoms with Crippen molar-refractivity contribution in [3.05, 3.63) is 47.8 Å². The van der Waals surface area contributed by atoms with Gasteiger partial charge < -0.3 is 15.2 Å². The van der Waals surface area contributed by atoms with Gasteiger partial charge >= 0.3 is 5.97 Å². The van der Waals surface area contributed by atoms with Crippen LogP contribution in [0.25, 0.3) is 0 Å². The number of methoxy groups -OCH3 is 1. The second-order valence-electron chi connectivity index (χ2n) is 5.15. The molecule has 0 aliphatic rings. The van der Waals surface area contributed by atoms with E-state index in [9.17, 15) is 22.4 Å². The maximum absolute atomic E-state index is 13.7. The number of carboxylic acids is 1. The molecule has 2 rings (SSSR count). The molecule has 0 spiro atoms. The number of hydrogen-bond donors (Lipinski definition) is 3. The third-order valence-electron chi connectivity index (χ3n) is 3.23. The number of carbonyl (C=O) groups excluding carboxylic acids is 1. The molecule has 0 saturated carbocycles. The van der Waals surface area contributed by atoms with Crippen molar-refractivity contribution in [2.75, 3.05) is 17.1 Å². The molecule has 3 N–H and O–H groups in total. The zero-order valence-corrected chi connectivity index (χ0v) is 14.6. The molecule has 0 aliphatic heterocycles. The monoisotopic (exact) mass is 382 g/mol. The van der Waals surface area contributed by atoms with Crippen molar-refractivity contribution in [3.8, 4) is 5.75 Å². The maximum atomic E-state index is 13.7. The lowest BCUT2D eigenvalue weighted by atomic mass is 10.2. The van der Waals surface area contributed by atoms with E-state index in [1.807, 2.05) is 0 Å². The SMILES string of the molecule is COc1ccc(C(=O)O)cc1S(=O)(=O)Nc1ccc(F)c(NC(C)=O)c1. The van der Waals surface area contributed by atoms with Crippen LogP contribution in [0.3, 0.4) is 0 Å². The predicted octanol–water partition coefficient (Wildman–Crippen LogP) is 2.29. The molecule has 0 radical (unpaired) electrons. The summed E-state index contributed by atoms with van der Waals surface area (Å²) < 4.78 is 46.1. The van der Waals surface area contributed by atoms with Gasteiger partial charge in [-0.15, -0.1) is 0 Å². The van der Waals surface area contributed by atoms with Gasteiger partial charge in [-0.05, 0) is 36.4 Å². The molecule has 2 aromatic carbocycles. The summed E-state index contributed by atoms with van der Waals surface area (Å²) in [5.41, 5.74) is -0.480. The Kier molecular flexibility index (Phi) is 5.46. The van der Waals surface area contributed by atoms with E-state index in [4.69, 9.17) is 9.84 Å². The summed E-state index contributed by atoms with van der Waals surface area (Å²) in [6, 6.07) is 6.60. The van der Waals surface area contributed by atoms with Gasteiger partial charge in [0.15, 0.2) is 0 Å². The average Bonchev–Trinajstić information content (AvgIpc) is 2.56. The van der Waals surface area contributed by atoms with Crippen molar-refractivity contribution >= 4 is 33.3 Å². The first-order chi connectivity index (χ1) is 12.1. The number of halogens is 1. The number of rotatable bonds is 6.